The van der Waals surface area contributed by atoms with Crippen LogP contribution in [-0.2, 0) is 6.54 Å². The van der Waals surface area contributed by atoms with Crippen LogP contribution in [0.15, 0.2) is 30.3 Å². The summed E-state index contributed by atoms with van der Waals surface area (Å²) in [5, 5.41) is 5.62. The molecule has 0 aliphatic carbocycles. The molecule has 1 saturated heterocycles. The summed E-state index contributed by atoms with van der Waals surface area (Å²) in [6, 6.07) is 8.83. The van der Waals surface area contributed by atoms with Crippen LogP contribution in [0.5, 0.6) is 5.75 Å². The summed E-state index contributed by atoms with van der Waals surface area (Å²) in [6.45, 7) is 4.28. The van der Waals surface area contributed by atoms with E-state index in [2.05, 4.69) is 25.5 Å². The van der Waals surface area contributed by atoms with Crippen molar-refractivity contribution in [1.82, 2.24) is 15.3 Å². The van der Waals surface area contributed by atoms with E-state index in [1.54, 1.807) is 13.2 Å². The minimum Gasteiger partial charge on any atom is -0.497 e. The number of amides is 2. The van der Waals surface area contributed by atoms with Gasteiger partial charge in [0.15, 0.2) is 0 Å². The summed E-state index contributed by atoms with van der Waals surface area (Å²) in [6.07, 6.45) is 2.35. The lowest BCUT2D eigenvalue weighted by Crippen LogP contribution is -2.29. The van der Waals surface area contributed by atoms with Crippen molar-refractivity contribution in [2.75, 3.05) is 30.4 Å². The number of aromatic nitrogens is 2. The van der Waals surface area contributed by atoms with Gasteiger partial charge in [0, 0.05) is 30.5 Å². The lowest BCUT2D eigenvalue weighted by atomic mass is 10.3. The Bertz CT molecular complexity index is 744. The van der Waals surface area contributed by atoms with E-state index in [0.717, 1.165) is 30.4 Å². The van der Waals surface area contributed by atoms with Gasteiger partial charge in [0.1, 0.15) is 5.75 Å². The second-order valence-corrected chi connectivity index (χ2v) is 6.03. The number of benzene rings is 1. The third-order valence-corrected chi connectivity index (χ3v) is 4.04. The van der Waals surface area contributed by atoms with Crippen LogP contribution < -0.4 is 20.3 Å². The number of anilines is 2. The fourth-order valence-corrected chi connectivity index (χ4v) is 2.81. The first kappa shape index (κ1) is 17.0. The number of carbonyl (C=O) groups is 1. The van der Waals surface area contributed by atoms with Crippen LogP contribution in [0.1, 0.15) is 24.2 Å². The molecule has 1 fully saturated rings. The van der Waals surface area contributed by atoms with Gasteiger partial charge in [-0.1, -0.05) is 6.07 Å². The van der Waals surface area contributed by atoms with Gasteiger partial charge in [0.25, 0.3) is 0 Å². The average molecular weight is 341 g/mol. The molecule has 1 aromatic carbocycles. The Hall–Kier alpha value is -2.83. The smallest absolute Gasteiger partial charge is 0.319 e. The Labute approximate surface area is 147 Å². The van der Waals surface area contributed by atoms with Gasteiger partial charge in [-0.25, -0.2) is 14.8 Å². The number of hydrogen-bond donors (Lipinski definition) is 2. The Morgan fingerprint density at radius 3 is 2.80 bits per heavy atom. The topological polar surface area (TPSA) is 79.4 Å². The van der Waals surface area contributed by atoms with Gasteiger partial charge >= 0.3 is 6.03 Å². The van der Waals surface area contributed by atoms with Crippen molar-refractivity contribution in [1.29, 1.82) is 0 Å². The number of rotatable bonds is 5. The number of ether oxygens (including phenoxy) is 1. The van der Waals surface area contributed by atoms with E-state index in [9.17, 15) is 4.79 Å². The normalized spacial score (nSPS) is 13.6. The van der Waals surface area contributed by atoms with Gasteiger partial charge in [0.2, 0.25) is 5.95 Å². The summed E-state index contributed by atoms with van der Waals surface area (Å²) in [5.41, 5.74) is 2.38. The van der Waals surface area contributed by atoms with Gasteiger partial charge in [0.05, 0.1) is 19.3 Å². The summed E-state index contributed by atoms with van der Waals surface area (Å²) in [5.74, 6) is 1.45. The molecule has 1 aliphatic heterocycles. The largest absolute Gasteiger partial charge is 0.497 e. The maximum atomic E-state index is 12.1. The molecular weight excluding hydrogens is 318 g/mol. The van der Waals surface area contributed by atoms with Crippen LogP contribution in [0.4, 0.5) is 16.4 Å². The zero-order valence-corrected chi connectivity index (χ0v) is 14.6. The first-order chi connectivity index (χ1) is 12.1. The standard InChI is InChI=1S/C18H23N5O2/c1-13-10-15(21-17(20-13)23-8-3-4-9-23)12-19-18(24)22-14-6-5-7-16(11-14)25-2/h5-7,10-11H,3-4,8-9,12H2,1-2H3,(H2,19,22,24). The Morgan fingerprint density at radius 1 is 1.24 bits per heavy atom. The van der Waals surface area contributed by atoms with E-state index in [1.807, 2.05) is 31.2 Å². The van der Waals surface area contributed by atoms with E-state index < -0.39 is 0 Å². The molecule has 2 amide bonds. The molecule has 0 saturated carbocycles. The van der Waals surface area contributed by atoms with Gasteiger partial charge in [-0.3, -0.25) is 0 Å². The third kappa shape index (κ3) is 4.59. The number of urea groups is 1. The van der Waals surface area contributed by atoms with E-state index in [4.69, 9.17) is 4.74 Å². The number of nitrogens with one attached hydrogen (secondary N) is 2. The molecule has 3 rings (SSSR count). The van der Waals surface area contributed by atoms with Crippen molar-refractivity contribution in [2.45, 2.75) is 26.3 Å². The summed E-state index contributed by atoms with van der Waals surface area (Å²) in [4.78, 5) is 23.4. The van der Waals surface area contributed by atoms with Crippen molar-refractivity contribution in [3.8, 4) is 5.75 Å². The lowest BCUT2D eigenvalue weighted by molar-refractivity contribution is 0.251. The third-order valence-electron chi connectivity index (χ3n) is 4.04. The fourth-order valence-electron chi connectivity index (χ4n) is 2.81. The van der Waals surface area contributed by atoms with Crippen LogP contribution in [0.25, 0.3) is 0 Å². The predicted octanol–water partition coefficient (Wildman–Crippen LogP) is 2.72. The Morgan fingerprint density at radius 2 is 2.04 bits per heavy atom. The molecule has 1 aliphatic rings. The van der Waals surface area contributed by atoms with Gasteiger partial charge in [-0.15, -0.1) is 0 Å². The maximum Gasteiger partial charge on any atom is 0.319 e. The Kier molecular flexibility index (Phi) is 5.33. The maximum absolute atomic E-state index is 12.1. The number of hydrogen-bond acceptors (Lipinski definition) is 5. The highest BCUT2D eigenvalue weighted by Crippen LogP contribution is 2.17. The van der Waals surface area contributed by atoms with Crippen molar-refractivity contribution in [3.63, 3.8) is 0 Å². The molecule has 2 N–H and O–H groups in total. The SMILES string of the molecule is COc1cccc(NC(=O)NCc2cc(C)nc(N3CCCC3)n2)c1. The van der Waals surface area contributed by atoms with Crippen molar-refractivity contribution in [2.24, 2.45) is 0 Å². The highest BCUT2D eigenvalue weighted by Gasteiger charge is 2.16. The van der Waals surface area contributed by atoms with Gasteiger partial charge in [-0.05, 0) is 38.0 Å². The molecule has 0 radical (unpaired) electrons. The van der Waals surface area contributed by atoms with E-state index in [1.165, 1.54) is 12.8 Å². The zero-order valence-electron chi connectivity index (χ0n) is 14.6. The molecule has 0 bridgehead atoms. The molecule has 2 aromatic rings. The molecule has 2 heterocycles. The van der Waals surface area contributed by atoms with Crippen molar-refractivity contribution in [3.05, 3.63) is 41.7 Å². The first-order valence-electron chi connectivity index (χ1n) is 8.42. The molecular formula is C18H23N5O2. The minimum absolute atomic E-state index is 0.285. The van der Waals surface area contributed by atoms with Gasteiger partial charge in [-0.2, -0.15) is 0 Å². The molecule has 1 aromatic heterocycles. The fraction of sp³-hybridized carbons (Fsp3) is 0.389. The van der Waals surface area contributed by atoms with Crippen LogP contribution >= 0.6 is 0 Å². The average Bonchev–Trinajstić information content (AvgIpc) is 3.14. The minimum atomic E-state index is -0.285. The van der Waals surface area contributed by atoms with Crippen molar-refractivity contribution < 1.29 is 9.53 Å². The number of aryl methyl sites for hydroxylation is 1. The first-order valence-corrected chi connectivity index (χ1v) is 8.42. The number of carbonyl (C=O) groups excluding carboxylic acids is 1. The lowest BCUT2D eigenvalue weighted by Gasteiger charge is -2.16. The molecule has 132 valence electrons. The molecule has 7 heteroatoms. The second-order valence-electron chi connectivity index (χ2n) is 6.03. The predicted molar refractivity (Wildman–Crippen MR) is 97.1 cm³/mol. The molecule has 0 unspecified atom stereocenters. The summed E-state index contributed by atoms with van der Waals surface area (Å²) < 4.78 is 5.15. The molecule has 0 spiro atoms. The number of methoxy groups -OCH3 is 1. The quantitative estimate of drug-likeness (QED) is 0.874. The molecule has 7 nitrogen and oxygen atoms in total. The van der Waals surface area contributed by atoms with Crippen LogP contribution in [0, 0.1) is 6.92 Å². The van der Waals surface area contributed by atoms with Gasteiger partial charge < -0.3 is 20.3 Å². The van der Waals surface area contributed by atoms with Crippen molar-refractivity contribution >= 4 is 17.7 Å². The van der Waals surface area contributed by atoms with E-state index in [0.29, 0.717) is 18.0 Å². The molecule has 0 atom stereocenters. The van der Waals surface area contributed by atoms with Crippen LogP contribution in [-0.4, -0.2) is 36.2 Å². The van der Waals surface area contributed by atoms with Crippen LogP contribution in [0.3, 0.4) is 0 Å². The van der Waals surface area contributed by atoms with E-state index in [-0.39, 0.29) is 6.03 Å². The van der Waals surface area contributed by atoms with Crippen LogP contribution in [0.2, 0.25) is 0 Å². The highest BCUT2D eigenvalue weighted by molar-refractivity contribution is 5.89. The van der Waals surface area contributed by atoms with E-state index >= 15 is 0 Å². The number of nitrogens with zero attached hydrogens (tertiary/aromatic N) is 3. The summed E-state index contributed by atoms with van der Waals surface area (Å²) >= 11 is 0. The highest BCUT2D eigenvalue weighted by atomic mass is 16.5. The second kappa shape index (κ2) is 7.83. The molecule has 25 heavy (non-hydrogen) atoms. The summed E-state index contributed by atoms with van der Waals surface area (Å²) in [7, 11) is 1.59. The zero-order chi connectivity index (χ0) is 17.6. The monoisotopic (exact) mass is 341 g/mol. The Balaban J connectivity index is 1.59.